The van der Waals surface area contributed by atoms with E-state index >= 15 is 0 Å². The lowest BCUT2D eigenvalue weighted by molar-refractivity contribution is 1.62. The van der Waals surface area contributed by atoms with E-state index in [1.54, 1.807) is 0 Å². The molecule has 0 aliphatic carbocycles. The van der Waals surface area contributed by atoms with Crippen molar-refractivity contribution in [1.29, 1.82) is 0 Å². The Bertz CT molecular complexity index is 1860. The molecule has 0 amide bonds. The lowest BCUT2D eigenvalue weighted by Gasteiger charge is -2.06. The third kappa shape index (κ3) is 7.37. The highest BCUT2D eigenvalue weighted by atomic mass is 14.1. The minimum Gasteiger partial charge on any atom is -0.0622 e. The quantitative estimate of drug-likeness (QED) is 0.188. The molecule has 44 heavy (non-hydrogen) atoms. The standard InChI is InChI=1S/C20H14.2C12H10/c1-2-6-15(7-3-1)18-10-11-19-12-16-8-4-5-9-17(16)13-20(19)14-18;2*1-3-7-11(8-4-1)12-9-5-2-6-10-12/h1-14H;2*1-10H. The zero-order valence-corrected chi connectivity index (χ0v) is 24.6. The highest BCUT2D eigenvalue weighted by Crippen LogP contribution is 2.28. The van der Waals surface area contributed by atoms with Crippen LogP contribution >= 0.6 is 0 Å². The average molecular weight is 563 g/mol. The van der Waals surface area contributed by atoms with Crippen LogP contribution in [-0.4, -0.2) is 0 Å². The molecule has 0 saturated carbocycles. The first-order valence-corrected chi connectivity index (χ1v) is 15.0. The smallest absolute Gasteiger partial charge is 0.0171 e. The third-order valence-electron chi connectivity index (χ3n) is 7.57. The predicted octanol–water partition coefficient (Wildman–Crippen LogP) is 12.4. The van der Waals surface area contributed by atoms with Gasteiger partial charge in [-0.05, 0) is 73.1 Å². The molecular weight excluding hydrogens is 528 g/mol. The van der Waals surface area contributed by atoms with E-state index in [0.717, 1.165) is 0 Å². The maximum absolute atomic E-state index is 2.27. The monoisotopic (exact) mass is 562 g/mol. The maximum Gasteiger partial charge on any atom is -0.0171 e. The van der Waals surface area contributed by atoms with E-state index in [1.165, 1.54) is 54.9 Å². The van der Waals surface area contributed by atoms with Gasteiger partial charge in [0, 0.05) is 0 Å². The summed E-state index contributed by atoms with van der Waals surface area (Å²) in [7, 11) is 0. The van der Waals surface area contributed by atoms with Crippen LogP contribution < -0.4 is 0 Å². The van der Waals surface area contributed by atoms with Crippen molar-refractivity contribution in [1.82, 2.24) is 0 Å². The molecule has 0 fully saturated rings. The zero-order valence-electron chi connectivity index (χ0n) is 24.6. The van der Waals surface area contributed by atoms with Crippen LogP contribution in [0.15, 0.2) is 206 Å². The molecule has 210 valence electrons. The number of benzene rings is 8. The van der Waals surface area contributed by atoms with Gasteiger partial charge >= 0.3 is 0 Å². The minimum atomic E-state index is 1.27. The van der Waals surface area contributed by atoms with Gasteiger partial charge in [-0.2, -0.15) is 0 Å². The second-order valence-corrected chi connectivity index (χ2v) is 10.6. The molecule has 0 heterocycles. The van der Waals surface area contributed by atoms with Crippen LogP contribution in [0.4, 0.5) is 0 Å². The lowest BCUT2D eigenvalue weighted by Crippen LogP contribution is -1.80. The summed E-state index contributed by atoms with van der Waals surface area (Å²) >= 11 is 0. The number of hydrogen-bond acceptors (Lipinski definition) is 0. The first kappa shape index (κ1) is 28.4. The molecule has 0 heteroatoms. The van der Waals surface area contributed by atoms with Crippen LogP contribution in [0.1, 0.15) is 0 Å². The van der Waals surface area contributed by atoms with E-state index in [2.05, 4.69) is 182 Å². The fraction of sp³-hybridized carbons (Fsp3) is 0. The highest BCUT2D eigenvalue weighted by molar-refractivity contribution is 5.99. The van der Waals surface area contributed by atoms with Crippen LogP contribution in [-0.2, 0) is 0 Å². The van der Waals surface area contributed by atoms with Crippen LogP contribution in [0.2, 0.25) is 0 Å². The molecule has 0 spiro atoms. The van der Waals surface area contributed by atoms with Crippen molar-refractivity contribution >= 4 is 21.5 Å². The molecule has 0 nitrogen and oxygen atoms in total. The normalized spacial score (nSPS) is 10.3. The molecule has 0 unspecified atom stereocenters. The van der Waals surface area contributed by atoms with Gasteiger partial charge in [-0.25, -0.2) is 0 Å². The Hall–Kier alpha value is -5.72. The molecule has 8 rings (SSSR count). The first-order chi connectivity index (χ1) is 21.8. The van der Waals surface area contributed by atoms with E-state index < -0.39 is 0 Å². The molecule has 0 N–H and O–H groups in total. The van der Waals surface area contributed by atoms with E-state index in [1.807, 2.05) is 24.3 Å². The Morgan fingerprint density at radius 3 is 0.795 bits per heavy atom. The molecule has 0 aliphatic heterocycles. The van der Waals surface area contributed by atoms with Crippen LogP contribution in [0.25, 0.3) is 54.9 Å². The SMILES string of the molecule is c1ccc(-c2ccc3cc4ccccc4cc3c2)cc1.c1ccc(-c2ccccc2)cc1.c1ccc(-c2ccccc2)cc1. The summed E-state index contributed by atoms with van der Waals surface area (Å²) in [4.78, 5) is 0. The van der Waals surface area contributed by atoms with Crippen molar-refractivity contribution in [2.75, 3.05) is 0 Å². The van der Waals surface area contributed by atoms with Gasteiger partial charge in [0.25, 0.3) is 0 Å². The molecule has 0 atom stereocenters. The highest BCUT2D eigenvalue weighted by Gasteiger charge is 2.01. The molecule has 0 aromatic heterocycles. The van der Waals surface area contributed by atoms with Gasteiger partial charge in [0.05, 0.1) is 0 Å². The van der Waals surface area contributed by atoms with Crippen molar-refractivity contribution in [2.24, 2.45) is 0 Å². The molecule has 0 radical (unpaired) electrons. The summed E-state index contributed by atoms with van der Waals surface area (Å²) in [5, 5.41) is 5.19. The summed E-state index contributed by atoms with van der Waals surface area (Å²) in [5.41, 5.74) is 7.64. The third-order valence-corrected chi connectivity index (χ3v) is 7.57. The Morgan fingerprint density at radius 1 is 0.159 bits per heavy atom. The Kier molecular flexibility index (Phi) is 9.33. The maximum atomic E-state index is 2.27. The molecule has 0 saturated heterocycles. The topological polar surface area (TPSA) is 0 Å². The van der Waals surface area contributed by atoms with Gasteiger partial charge in [0.1, 0.15) is 0 Å². The van der Waals surface area contributed by atoms with Crippen molar-refractivity contribution in [3.63, 3.8) is 0 Å². The van der Waals surface area contributed by atoms with Gasteiger partial charge in [-0.3, -0.25) is 0 Å². The minimum absolute atomic E-state index is 1.27. The second-order valence-electron chi connectivity index (χ2n) is 10.6. The van der Waals surface area contributed by atoms with E-state index in [9.17, 15) is 0 Å². The Morgan fingerprint density at radius 2 is 0.432 bits per heavy atom. The van der Waals surface area contributed by atoms with Gasteiger partial charge in [-0.15, -0.1) is 0 Å². The van der Waals surface area contributed by atoms with E-state index in [4.69, 9.17) is 0 Å². The predicted molar refractivity (Wildman–Crippen MR) is 191 cm³/mol. The van der Waals surface area contributed by atoms with Gasteiger partial charge in [0.2, 0.25) is 0 Å². The zero-order chi connectivity index (χ0) is 29.8. The van der Waals surface area contributed by atoms with Crippen molar-refractivity contribution < 1.29 is 0 Å². The van der Waals surface area contributed by atoms with Gasteiger partial charge in [0.15, 0.2) is 0 Å². The van der Waals surface area contributed by atoms with Gasteiger partial charge in [-0.1, -0.05) is 188 Å². The second kappa shape index (κ2) is 14.4. The van der Waals surface area contributed by atoms with E-state index in [-0.39, 0.29) is 0 Å². The van der Waals surface area contributed by atoms with Crippen molar-refractivity contribution in [3.05, 3.63) is 206 Å². The summed E-state index contributed by atoms with van der Waals surface area (Å²) in [6.45, 7) is 0. The molecule has 8 aromatic rings. The molecule has 0 aliphatic rings. The average Bonchev–Trinajstić information content (AvgIpc) is 3.13. The summed E-state index contributed by atoms with van der Waals surface area (Å²) in [6.07, 6.45) is 0. The molecule has 0 bridgehead atoms. The number of hydrogen-bond donors (Lipinski definition) is 0. The molecule has 8 aromatic carbocycles. The van der Waals surface area contributed by atoms with Crippen molar-refractivity contribution in [2.45, 2.75) is 0 Å². The van der Waals surface area contributed by atoms with Crippen LogP contribution in [0.3, 0.4) is 0 Å². The van der Waals surface area contributed by atoms with E-state index in [0.29, 0.717) is 0 Å². The fourth-order valence-electron chi connectivity index (χ4n) is 5.27. The number of fused-ring (bicyclic) bond motifs is 2. The van der Waals surface area contributed by atoms with Crippen LogP contribution in [0, 0.1) is 0 Å². The summed E-state index contributed by atoms with van der Waals surface area (Å²) in [5.74, 6) is 0. The summed E-state index contributed by atoms with van der Waals surface area (Å²) < 4.78 is 0. The Balaban J connectivity index is 0.000000124. The van der Waals surface area contributed by atoms with Crippen LogP contribution in [0.5, 0.6) is 0 Å². The first-order valence-electron chi connectivity index (χ1n) is 15.0. The van der Waals surface area contributed by atoms with Crippen molar-refractivity contribution in [3.8, 4) is 33.4 Å². The van der Waals surface area contributed by atoms with Gasteiger partial charge < -0.3 is 0 Å². The summed E-state index contributed by atoms with van der Waals surface area (Å²) in [6, 6.07) is 71.8. The fourth-order valence-corrected chi connectivity index (χ4v) is 5.27. The molecular formula is C44H34. The number of rotatable bonds is 3. The largest absolute Gasteiger partial charge is 0.0622 e. The Labute approximate surface area is 260 Å². The lowest BCUT2D eigenvalue weighted by atomic mass is 9.99.